The molecule has 144 valence electrons. The van der Waals surface area contributed by atoms with Crippen molar-refractivity contribution in [2.45, 2.75) is 20.5 Å². The molecule has 0 fully saturated rings. The van der Waals surface area contributed by atoms with Crippen molar-refractivity contribution in [1.82, 2.24) is 4.90 Å². The van der Waals surface area contributed by atoms with E-state index in [9.17, 15) is 4.79 Å². The number of nitrogens with two attached hydrogens (primary N) is 1. The van der Waals surface area contributed by atoms with Crippen LogP contribution >= 0.6 is 23.2 Å². The van der Waals surface area contributed by atoms with Crippen molar-refractivity contribution in [2.75, 3.05) is 18.0 Å². The maximum atomic E-state index is 12.7. The van der Waals surface area contributed by atoms with Gasteiger partial charge in [0.15, 0.2) is 0 Å². The van der Waals surface area contributed by atoms with E-state index in [1.54, 1.807) is 12.1 Å². The van der Waals surface area contributed by atoms with E-state index in [2.05, 4.69) is 0 Å². The molecule has 0 heterocycles. The Labute approximate surface area is 168 Å². The third-order valence-corrected chi connectivity index (χ3v) is 4.50. The minimum Gasteiger partial charge on any atom is -0.489 e. The van der Waals surface area contributed by atoms with Crippen LogP contribution in [0.3, 0.4) is 0 Å². The number of ether oxygens (including phenoxy) is 1. The van der Waals surface area contributed by atoms with Gasteiger partial charge in [0.2, 0.25) is 5.96 Å². The Balaban J connectivity index is 2.30. The molecule has 0 unspecified atom stereocenters. The van der Waals surface area contributed by atoms with E-state index in [1.807, 2.05) is 44.2 Å². The molecular formula is C19H22Cl2N4O2. The van der Waals surface area contributed by atoms with Crippen LogP contribution in [-0.2, 0) is 6.61 Å². The van der Waals surface area contributed by atoms with Gasteiger partial charge >= 0.3 is 6.03 Å². The summed E-state index contributed by atoms with van der Waals surface area (Å²) in [6, 6.07) is 12.3. The first kappa shape index (κ1) is 20.9. The molecule has 2 amide bonds. The molecule has 6 nitrogen and oxygen atoms in total. The van der Waals surface area contributed by atoms with E-state index in [0.29, 0.717) is 25.4 Å². The minimum atomic E-state index is -0.464. The van der Waals surface area contributed by atoms with Crippen LogP contribution in [0.4, 0.5) is 10.5 Å². The summed E-state index contributed by atoms with van der Waals surface area (Å²) in [5.41, 5.74) is 6.80. The molecule has 0 aliphatic carbocycles. The summed E-state index contributed by atoms with van der Waals surface area (Å²) in [6.45, 7) is 4.95. The maximum Gasteiger partial charge on any atom is 0.331 e. The van der Waals surface area contributed by atoms with E-state index in [4.69, 9.17) is 39.1 Å². The summed E-state index contributed by atoms with van der Waals surface area (Å²) in [7, 11) is 0. The van der Waals surface area contributed by atoms with Gasteiger partial charge in [-0.2, -0.15) is 0 Å². The molecule has 2 aromatic carbocycles. The fourth-order valence-electron chi connectivity index (χ4n) is 2.53. The number of urea groups is 1. The van der Waals surface area contributed by atoms with Crippen molar-refractivity contribution < 1.29 is 9.53 Å². The second-order valence-electron chi connectivity index (χ2n) is 5.69. The highest BCUT2D eigenvalue weighted by Crippen LogP contribution is 2.38. The van der Waals surface area contributed by atoms with Gasteiger partial charge in [-0.15, -0.1) is 0 Å². The summed E-state index contributed by atoms with van der Waals surface area (Å²) in [4.78, 5) is 15.3. The number of anilines is 1. The Kier molecular flexibility index (Phi) is 7.33. The molecule has 2 aromatic rings. The van der Waals surface area contributed by atoms with Gasteiger partial charge in [-0.3, -0.25) is 5.41 Å². The summed E-state index contributed by atoms with van der Waals surface area (Å²) in [5.74, 6) is -0.00922. The predicted molar refractivity (Wildman–Crippen MR) is 110 cm³/mol. The van der Waals surface area contributed by atoms with Crippen molar-refractivity contribution in [3.63, 3.8) is 0 Å². The number of benzene rings is 2. The standard InChI is InChI=1S/C19H22Cl2N4O2/c1-3-24(4-2)19(26)25(18(22)23)17-15(20)10-14(11-16(17)21)27-12-13-8-6-5-7-9-13/h5-11H,3-4,12H2,1-2H3,(H3,22,23). The maximum absolute atomic E-state index is 12.7. The Morgan fingerprint density at radius 3 is 2.15 bits per heavy atom. The predicted octanol–water partition coefficient (Wildman–Crippen LogP) is 4.73. The van der Waals surface area contributed by atoms with Crippen molar-refractivity contribution >= 4 is 40.9 Å². The monoisotopic (exact) mass is 408 g/mol. The molecule has 0 aromatic heterocycles. The Bertz CT molecular complexity index is 788. The summed E-state index contributed by atoms with van der Waals surface area (Å²) in [6.07, 6.45) is 0. The molecule has 0 atom stereocenters. The number of amides is 2. The average Bonchev–Trinajstić information content (AvgIpc) is 2.64. The third-order valence-electron chi connectivity index (χ3n) is 3.93. The number of nitrogens with one attached hydrogen (secondary N) is 1. The number of guanidine groups is 1. The number of carbonyl (C=O) groups is 1. The van der Waals surface area contributed by atoms with Gasteiger partial charge in [0, 0.05) is 25.2 Å². The van der Waals surface area contributed by atoms with Gasteiger partial charge in [-0.05, 0) is 19.4 Å². The molecular weight excluding hydrogens is 387 g/mol. The smallest absolute Gasteiger partial charge is 0.331 e. The van der Waals surface area contributed by atoms with Crippen molar-refractivity contribution in [3.05, 3.63) is 58.1 Å². The second-order valence-corrected chi connectivity index (χ2v) is 6.50. The SMILES string of the molecule is CCN(CC)C(=O)N(C(=N)N)c1c(Cl)cc(OCc2ccccc2)cc1Cl. The molecule has 0 aliphatic heterocycles. The summed E-state index contributed by atoms with van der Waals surface area (Å²) < 4.78 is 5.73. The van der Waals surface area contributed by atoms with Gasteiger partial charge in [-0.1, -0.05) is 53.5 Å². The Morgan fingerprint density at radius 1 is 1.11 bits per heavy atom. The van der Waals surface area contributed by atoms with Crippen LogP contribution in [0, 0.1) is 5.41 Å². The Hall–Kier alpha value is -2.44. The number of hydrogen-bond acceptors (Lipinski definition) is 3. The van der Waals surface area contributed by atoms with Crippen LogP contribution in [0.2, 0.25) is 10.0 Å². The number of hydrogen-bond donors (Lipinski definition) is 2. The van der Waals surface area contributed by atoms with Crippen molar-refractivity contribution in [1.29, 1.82) is 5.41 Å². The Morgan fingerprint density at radius 2 is 1.67 bits per heavy atom. The lowest BCUT2D eigenvalue weighted by Crippen LogP contribution is -2.49. The molecule has 27 heavy (non-hydrogen) atoms. The first-order valence-electron chi connectivity index (χ1n) is 8.47. The lowest BCUT2D eigenvalue weighted by Gasteiger charge is -2.29. The van der Waals surface area contributed by atoms with Crippen LogP contribution in [0.25, 0.3) is 0 Å². The van der Waals surface area contributed by atoms with Gasteiger partial charge in [0.05, 0.1) is 15.7 Å². The van der Waals surface area contributed by atoms with Crippen LogP contribution in [-0.4, -0.2) is 30.0 Å². The molecule has 3 N–H and O–H groups in total. The molecule has 0 bridgehead atoms. The first-order valence-corrected chi connectivity index (χ1v) is 9.23. The first-order chi connectivity index (χ1) is 12.9. The fourth-order valence-corrected chi connectivity index (χ4v) is 3.17. The van der Waals surface area contributed by atoms with Gasteiger partial charge < -0.3 is 15.4 Å². The molecule has 0 radical (unpaired) electrons. The molecule has 8 heteroatoms. The zero-order chi connectivity index (χ0) is 20.0. The highest BCUT2D eigenvalue weighted by Gasteiger charge is 2.27. The number of nitrogens with zero attached hydrogens (tertiary/aromatic N) is 2. The highest BCUT2D eigenvalue weighted by atomic mass is 35.5. The number of rotatable bonds is 6. The van der Waals surface area contributed by atoms with E-state index < -0.39 is 12.0 Å². The lowest BCUT2D eigenvalue weighted by atomic mass is 10.2. The van der Waals surface area contributed by atoms with E-state index >= 15 is 0 Å². The fraction of sp³-hybridized carbons (Fsp3) is 0.263. The minimum absolute atomic E-state index is 0.162. The van der Waals surface area contributed by atoms with Crippen molar-refractivity contribution in [3.8, 4) is 5.75 Å². The topological polar surface area (TPSA) is 82.7 Å². The largest absolute Gasteiger partial charge is 0.489 e. The van der Waals surface area contributed by atoms with Gasteiger partial charge in [-0.25, -0.2) is 9.69 Å². The highest BCUT2D eigenvalue weighted by molar-refractivity contribution is 6.41. The van der Waals surface area contributed by atoms with Gasteiger partial charge in [0.1, 0.15) is 12.4 Å². The molecule has 2 rings (SSSR count). The molecule has 0 saturated carbocycles. The van der Waals surface area contributed by atoms with Gasteiger partial charge in [0.25, 0.3) is 0 Å². The molecule has 0 aliphatic rings. The second kappa shape index (κ2) is 9.48. The third kappa shape index (κ3) is 5.05. The normalized spacial score (nSPS) is 10.4. The zero-order valence-electron chi connectivity index (χ0n) is 15.2. The van der Waals surface area contributed by atoms with Crippen LogP contribution in [0.15, 0.2) is 42.5 Å². The van der Waals surface area contributed by atoms with E-state index in [0.717, 1.165) is 10.5 Å². The summed E-state index contributed by atoms with van der Waals surface area (Å²) >= 11 is 12.7. The zero-order valence-corrected chi connectivity index (χ0v) is 16.7. The van der Waals surface area contributed by atoms with Crippen LogP contribution in [0.5, 0.6) is 5.75 Å². The summed E-state index contributed by atoms with van der Waals surface area (Å²) in [5, 5.41) is 8.15. The van der Waals surface area contributed by atoms with Crippen LogP contribution < -0.4 is 15.4 Å². The average molecular weight is 409 g/mol. The quantitative estimate of drug-likeness (QED) is 0.534. The lowest BCUT2D eigenvalue weighted by molar-refractivity contribution is 0.213. The van der Waals surface area contributed by atoms with E-state index in [-0.39, 0.29) is 15.7 Å². The van der Waals surface area contributed by atoms with Crippen molar-refractivity contribution in [2.24, 2.45) is 5.73 Å². The number of halogens is 2. The number of carbonyl (C=O) groups excluding carboxylic acids is 1. The van der Waals surface area contributed by atoms with E-state index in [1.165, 1.54) is 4.90 Å². The molecule has 0 saturated heterocycles. The molecule has 0 spiro atoms. The van der Waals surface area contributed by atoms with Crippen LogP contribution in [0.1, 0.15) is 19.4 Å².